The lowest BCUT2D eigenvalue weighted by atomic mass is 10.9. The average Bonchev–Trinajstić information content (AvgIpc) is 2.38. The Morgan fingerprint density at radius 2 is 2.60 bits per heavy atom. The number of alkyl halides is 1. The van der Waals surface area contributed by atoms with Crippen LogP contribution >= 0.6 is 0 Å². The summed E-state index contributed by atoms with van der Waals surface area (Å²) in [7, 11) is 0. The maximum absolute atomic E-state index is 11.4. The molecule has 0 unspecified atom stereocenters. The van der Waals surface area contributed by atoms with Crippen molar-refractivity contribution in [3.05, 3.63) is 18.7 Å². The molecule has 0 N–H and O–H groups in total. The minimum absolute atomic E-state index is 0.764. The standard InChI is InChI=1S/C5H5FN2O2/c6-3-10-5(9)8-2-1-7-4-8/h1-2,4H,3H2. The lowest BCUT2D eigenvalue weighted by molar-refractivity contribution is 0.0994. The van der Waals surface area contributed by atoms with Gasteiger partial charge in [-0.1, -0.05) is 0 Å². The molecule has 0 saturated carbocycles. The Balaban J connectivity index is 2.59. The van der Waals surface area contributed by atoms with Crippen LogP contribution in [0, 0.1) is 0 Å². The molecule has 1 rings (SSSR count). The first-order valence-corrected chi connectivity index (χ1v) is 2.55. The number of hydrogen-bond donors (Lipinski definition) is 0. The zero-order chi connectivity index (χ0) is 7.40. The monoisotopic (exact) mass is 144 g/mol. The number of halogens is 1. The van der Waals surface area contributed by atoms with Crippen LogP contribution in [0.4, 0.5) is 9.18 Å². The van der Waals surface area contributed by atoms with Crippen LogP contribution in [0.5, 0.6) is 0 Å². The van der Waals surface area contributed by atoms with Crippen molar-refractivity contribution in [2.45, 2.75) is 0 Å². The number of hydrogen-bond acceptors (Lipinski definition) is 3. The van der Waals surface area contributed by atoms with Gasteiger partial charge >= 0.3 is 6.09 Å². The average molecular weight is 144 g/mol. The van der Waals surface area contributed by atoms with E-state index in [1.165, 1.54) is 18.7 Å². The maximum Gasteiger partial charge on any atom is 0.421 e. The fourth-order valence-electron chi connectivity index (χ4n) is 0.488. The van der Waals surface area contributed by atoms with Gasteiger partial charge in [0.15, 0.2) is 0 Å². The van der Waals surface area contributed by atoms with Crippen LogP contribution in [-0.4, -0.2) is 22.5 Å². The van der Waals surface area contributed by atoms with E-state index in [9.17, 15) is 9.18 Å². The fraction of sp³-hybridized carbons (Fsp3) is 0.200. The first kappa shape index (κ1) is 6.73. The molecule has 0 bridgehead atoms. The molecule has 0 spiro atoms. The van der Waals surface area contributed by atoms with Crippen LogP contribution < -0.4 is 0 Å². The molecule has 0 fully saturated rings. The molecule has 0 aliphatic carbocycles. The van der Waals surface area contributed by atoms with Crippen molar-refractivity contribution in [2.24, 2.45) is 0 Å². The molecule has 1 aromatic heterocycles. The van der Waals surface area contributed by atoms with Gasteiger partial charge in [0.25, 0.3) is 0 Å². The first-order valence-electron chi connectivity index (χ1n) is 2.55. The predicted molar refractivity (Wildman–Crippen MR) is 30.1 cm³/mol. The van der Waals surface area contributed by atoms with Crippen molar-refractivity contribution in [3.8, 4) is 0 Å². The van der Waals surface area contributed by atoms with Crippen LogP contribution in [0.1, 0.15) is 0 Å². The van der Waals surface area contributed by atoms with E-state index in [1.807, 2.05) is 0 Å². The van der Waals surface area contributed by atoms with E-state index >= 15 is 0 Å². The van der Waals surface area contributed by atoms with E-state index in [0.29, 0.717) is 0 Å². The molecule has 1 aromatic rings. The van der Waals surface area contributed by atoms with Crippen molar-refractivity contribution in [1.29, 1.82) is 0 Å². The molecule has 0 amide bonds. The highest BCUT2D eigenvalue weighted by atomic mass is 19.1. The molecule has 0 aliphatic rings. The van der Waals surface area contributed by atoms with Gasteiger partial charge in [-0.3, -0.25) is 0 Å². The molecule has 5 heteroatoms. The molecule has 0 saturated heterocycles. The number of imidazole rings is 1. The SMILES string of the molecule is O=C(OCF)n1ccnc1. The third-order valence-corrected chi connectivity index (χ3v) is 0.893. The highest BCUT2D eigenvalue weighted by Crippen LogP contribution is 1.88. The Hall–Kier alpha value is -1.39. The molecule has 0 atom stereocenters. The minimum Gasteiger partial charge on any atom is -0.417 e. The lowest BCUT2D eigenvalue weighted by Gasteiger charge is -1.96. The third kappa shape index (κ3) is 1.31. The van der Waals surface area contributed by atoms with Gasteiger partial charge in [-0.25, -0.2) is 18.7 Å². The summed E-state index contributed by atoms with van der Waals surface area (Å²) in [5, 5.41) is 0. The second-order valence-electron chi connectivity index (χ2n) is 1.49. The van der Waals surface area contributed by atoms with Gasteiger partial charge in [0.05, 0.1) is 0 Å². The van der Waals surface area contributed by atoms with Crippen molar-refractivity contribution < 1.29 is 13.9 Å². The summed E-state index contributed by atoms with van der Waals surface area (Å²) in [6, 6.07) is 0. The summed E-state index contributed by atoms with van der Waals surface area (Å²) in [6.45, 7) is -1.11. The van der Waals surface area contributed by atoms with Crippen molar-refractivity contribution in [3.63, 3.8) is 0 Å². The second kappa shape index (κ2) is 2.95. The first-order chi connectivity index (χ1) is 4.84. The molecule has 0 radical (unpaired) electrons. The number of carbonyl (C=O) groups excluding carboxylic acids is 1. The minimum atomic E-state index is -1.11. The van der Waals surface area contributed by atoms with E-state index in [1.54, 1.807) is 0 Å². The second-order valence-corrected chi connectivity index (χ2v) is 1.49. The van der Waals surface area contributed by atoms with E-state index in [-0.39, 0.29) is 0 Å². The third-order valence-electron chi connectivity index (χ3n) is 0.893. The van der Waals surface area contributed by atoms with Gasteiger partial charge in [-0.05, 0) is 0 Å². The molecule has 0 aliphatic heterocycles. The lowest BCUT2D eigenvalue weighted by Crippen LogP contribution is -2.10. The van der Waals surface area contributed by atoms with Gasteiger partial charge in [0, 0.05) is 12.4 Å². The van der Waals surface area contributed by atoms with Gasteiger partial charge in [-0.15, -0.1) is 0 Å². The molecule has 1 heterocycles. The number of aromatic nitrogens is 2. The summed E-state index contributed by atoms with van der Waals surface area (Å²) < 4.78 is 16.4. The van der Waals surface area contributed by atoms with Crippen molar-refractivity contribution >= 4 is 6.09 Å². The van der Waals surface area contributed by atoms with E-state index in [0.717, 1.165) is 4.57 Å². The summed E-state index contributed by atoms with van der Waals surface area (Å²) in [4.78, 5) is 14.1. The van der Waals surface area contributed by atoms with E-state index < -0.39 is 13.0 Å². The number of ether oxygens (including phenoxy) is 1. The Bertz CT molecular complexity index is 209. The quantitative estimate of drug-likeness (QED) is 0.585. The Kier molecular flexibility index (Phi) is 1.99. The van der Waals surface area contributed by atoms with Crippen LogP contribution in [0.2, 0.25) is 0 Å². The number of carbonyl (C=O) groups is 1. The van der Waals surface area contributed by atoms with Crippen molar-refractivity contribution in [1.82, 2.24) is 9.55 Å². The predicted octanol–water partition coefficient (Wildman–Crippen LogP) is 0.795. The Morgan fingerprint density at radius 1 is 1.80 bits per heavy atom. The van der Waals surface area contributed by atoms with Crippen LogP contribution in [-0.2, 0) is 4.74 Å². The smallest absolute Gasteiger partial charge is 0.417 e. The summed E-state index contributed by atoms with van der Waals surface area (Å²) in [5.41, 5.74) is 0. The number of rotatable bonds is 1. The van der Waals surface area contributed by atoms with Crippen LogP contribution in [0.25, 0.3) is 0 Å². The van der Waals surface area contributed by atoms with E-state index in [4.69, 9.17) is 0 Å². The van der Waals surface area contributed by atoms with E-state index in [2.05, 4.69) is 9.72 Å². The molecule has 0 aromatic carbocycles. The topological polar surface area (TPSA) is 44.1 Å². The Labute approximate surface area is 56.2 Å². The number of nitrogens with zero attached hydrogens (tertiary/aromatic N) is 2. The van der Waals surface area contributed by atoms with Gasteiger partial charge in [-0.2, -0.15) is 0 Å². The largest absolute Gasteiger partial charge is 0.421 e. The van der Waals surface area contributed by atoms with Crippen molar-refractivity contribution in [2.75, 3.05) is 6.86 Å². The fourth-order valence-corrected chi connectivity index (χ4v) is 0.488. The molecule has 4 nitrogen and oxygen atoms in total. The Morgan fingerprint density at radius 3 is 3.10 bits per heavy atom. The normalized spacial score (nSPS) is 9.30. The molecule has 54 valence electrons. The van der Waals surface area contributed by atoms with Gasteiger partial charge < -0.3 is 4.74 Å². The zero-order valence-electron chi connectivity index (χ0n) is 5.03. The van der Waals surface area contributed by atoms with Gasteiger partial charge in [0.1, 0.15) is 6.33 Å². The summed E-state index contributed by atoms with van der Waals surface area (Å²) in [5.74, 6) is 0. The zero-order valence-corrected chi connectivity index (χ0v) is 5.03. The van der Waals surface area contributed by atoms with Gasteiger partial charge in [0.2, 0.25) is 6.86 Å². The summed E-state index contributed by atoms with van der Waals surface area (Å²) >= 11 is 0. The maximum atomic E-state index is 11.4. The molecule has 10 heavy (non-hydrogen) atoms. The van der Waals surface area contributed by atoms with Crippen LogP contribution in [0.15, 0.2) is 18.7 Å². The van der Waals surface area contributed by atoms with Crippen LogP contribution in [0.3, 0.4) is 0 Å². The molecular weight excluding hydrogens is 139 g/mol. The summed E-state index contributed by atoms with van der Waals surface area (Å²) in [6.07, 6.45) is 3.25. The highest BCUT2D eigenvalue weighted by Gasteiger charge is 2.01. The molecular formula is C5H5FN2O2. The highest BCUT2D eigenvalue weighted by molar-refractivity contribution is 5.69.